The minimum absolute atomic E-state index is 0.0777. The zero-order chi connectivity index (χ0) is 21.2. The number of carbonyl (C=O) groups excluding carboxylic acids is 2. The van der Waals surface area contributed by atoms with E-state index in [1.165, 1.54) is 12.1 Å². The first-order valence-electron chi connectivity index (χ1n) is 10.8. The molecule has 4 fully saturated rings. The summed E-state index contributed by atoms with van der Waals surface area (Å²) >= 11 is 12.2. The number of carbonyl (C=O) groups is 2. The van der Waals surface area contributed by atoms with E-state index >= 15 is 0 Å². The Kier molecular flexibility index (Phi) is 5.02. The Balaban J connectivity index is 1.62. The Bertz CT molecular complexity index is 1000. The van der Waals surface area contributed by atoms with Crippen LogP contribution >= 0.6 is 23.2 Å². The molecule has 0 aromatic heterocycles. The molecule has 0 saturated heterocycles. The number of ketones is 2. The summed E-state index contributed by atoms with van der Waals surface area (Å²) in [6.07, 6.45) is 4.94. The van der Waals surface area contributed by atoms with E-state index in [2.05, 4.69) is 0 Å². The van der Waals surface area contributed by atoms with E-state index in [4.69, 9.17) is 23.2 Å². The molecule has 2 aromatic carbocycles. The van der Waals surface area contributed by atoms with Gasteiger partial charge in [0.15, 0.2) is 11.6 Å². The zero-order valence-electron chi connectivity index (χ0n) is 16.8. The van der Waals surface area contributed by atoms with Crippen LogP contribution in [0.1, 0.15) is 49.7 Å². The Labute approximate surface area is 185 Å². The van der Waals surface area contributed by atoms with Crippen LogP contribution in [0.15, 0.2) is 30.3 Å². The summed E-state index contributed by atoms with van der Waals surface area (Å²) in [6, 6.07) is 8.24. The summed E-state index contributed by atoms with van der Waals surface area (Å²) in [4.78, 5) is 27.0. The SMILES string of the molecule is CCc1ccc(-c2c(F)cc(Cl)cc2Cl)cc1C1C(=O)C2C3CCC(CC3)C2C1=O. The van der Waals surface area contributed by atoms with E-state index in [0.29, 0.717) is 23.8 Å². The topological polar surface area (TPSA) is 34.1 Å². The summed E-state index contributed by atoms with van der Waals surface area (Å²) in [5.41, 5.74) is 2.51. The molecular weight excluding hydrogens is 422 g/mol. The molecular formula is C25H23Cl2FO2. The molecule has 4 aliphatic carbocycles. The van der Waals surface area contributed by atoms with Gasteiger partial charge in [-0.15, -0.1) is 0 Å². The van der Waals surface area contributed by atoms with Crippen molar-refractivity contribution < 1.29 is 14.0 Å². The quantitative estimate of drug-likeness (QED) is 0.496. The molecule has 2 atom stereocenters. The molecule has 2 aromatic rings. The van der Waals surface area contributed by atoms with Crippen LogP contribution in [0.5, 0.6) is 0 Å². The van der Waals surface area contributed by atoms with Gasteiger partial charge in [-0.25, -0.2) is 4.39 Å². The van der Waals surface area contributed by atoms with Crippen LogP contribution < -0.4 is 0 Å². The average Bonchev–Trinajstić information content (AvgIpc) is 3.00. The lowest BCUT2D eigenvalue weighted by molar-refractivity contribution is -0.129. The third-order valence-electron chi connectivity index (χ3n) is 7.58. The Morgan fingerprint density at radius 2 is 1.53 bits per heavy atom. The van der Waals surface area contributed by atoms with E-state index in [-0.39, 0.29) is 39.0 Å². The highest BCUT2D eigenvalue weighted by Gasteiger charge is 2.59. The van der Waals surface area contributed by atoms with Crippen LogP contribution in [0.2, 0.25) is 10.0 Å². The van der Waals surface area contributed by atoms with Crippen molar-refractivity contribution in [1.29, 1.82) is 0 Å². The fourth-order valence-corrected chi connectivity index (χ4v) is 6.84. The van der Waals surface area contributed by atoms with Crippen LogP contribution in [0.4, 0.5) is 4.39 Å². The van der Waals surface area contributed by atoms with Crippen molar-refractivity contribution in [3.63, 3.8) is 0 Å². The highest BCUT2D eigenvalue weighted by Crippen LogP contribution is 2.56. The highest BCUT2D eigenvalue weighted by molar-refractivity contribution is 6.36. The fraction of sp³-hybridized carbons (Fsp3) is 0.440. The predicted molar refractivity (Wildman–Crippen MR) is 116 cm³/mol. The minimum Gasteiger partial charge on any atom is -0.298 e. The molecule has 2 unspecified atom stereocenters. The Morgan fingerprint density at radius 3 is 2.07 bits per heavy atom. The van der Waals surface area contributed by atoms with Gasteiger partial charge in [0.05, 0.1) is 5.02 Å². The van der Waals surface area contributed by atoms with E-state index in [9.17, 15) is 14.0 Å². The van der Waals surface area contributed by atoms with Gasteiger partial charge in [0.2, 0.25) is 0 Å². The van der Waals surface area contributed by atoms with E-state index in [0.717, 1.165) is 36.8 Å². The molecule has 0 radical (unpaired) electrons. The van der Waals surface area contributed by atoms with Crippen molar-refractivity contribution >= 4 is 34.8 Å². The standard InChI is InChI=1S/C25H23Cl2FO2/c1-2-12-3-8-15(20-18(27)10-16(26)11-19(20)28)9-17(12)23-24(29)21-13-4-5-14(7-6-13)22(21)25(23)30/h3,8-11,13-14,21-23H,2,4-7H2,1H3. The number of halogens is 3. The number of Topliss-reactive ketones (excluding diaryl/α,β-unsaturated/α-hetero) is 2. The first-order valence-corrected chi connectivity index (χ1v) is 11.5. The van der Waals surface area contributed by atoms with Gasteiger partial charge < -0.3 is 0 Å². The van der Waals surface area contributed by atoms with Crippen LogP contribution in [-0.4, -0.2) is 11.6 Å². The maximum atomic E-state index is 14.7. The van der Waals surface area contributed by atoms with Gasteiger partial charge in [-0.1, -0.05) is 42.3 Å². The third-order valence-corrected chi connectivity index (χ3v) is 8.09. The molecule has 2 nitrogen and oxygen atoms in total. The van der Waals surface area contributed by atoms with E-state index in [1.807, 2.05) is 13.0 Å². The van der Waals surface area contributed by atoms with Gasteiger partial charge in [0.1, 0.15) is 11.7 Å². The largest absolute Gasteiger partial charge is 0.298 e. The van der Waals surface area contributed by atoms with Crippen LogP contribution in [0, 0.1) is 29.5 Å². The molecule has 2 bridgehead atoms. The van der Waals surface area contributed by atoms with Gasteiger partial charge in [0.25, 0.3) is 0 Å². The fourth-order valence-electron chi connectivity index (χ4n) is 6.26. The molecule has 0 aliphatic heterocycles. The van der Waals surface area contributed by atoms with Gasteiger partial charge in [-0.3, -0.25) is 9.59 Å². The van der Waals surface area contributed by atoms with Gasteiger partial charge in [-0.2, -0.15) is 0 Å². The minimum atomic E-state index is -0.731. The second kappa shape index (κ2) is 7.46. The third kappa shape index (κ3) is 2.97. The maximum absolute atomic E-state index is 14.7. The molecule has 4 aliphatic rings. The molecule has 156 valence electrons. The van der Waals surface area contributed by atoms with E-state index < -0.39 is 11.7 Å². The number of hydrogen-bond acceptors (Lipinski definition) is 2. The number of fused-ring (bicyclic) bond motifs is 2. The lowest BCUT2D eigenvalue weighted by Crippen LogP contribution is -2.41. The molecule has 0 heterocycles. The lowest BCUT2D eigenvalue weighted by atomic mass is 9.59. The van der Waals surface area contributed by atoms with Gasteiger partial charge >= 0.3 is 0 Å². The predicted octanol–water partition coefficient (Wildman–Crippen LogP) is 6.65. The lowest BCUT2D eigenvalue weighted by Gasteiger charge is -2.43. The molecule has 0 spiro atoms. The number of benzene rings is 2. The zero-order valence-corrected chi connectivity index (χ0v) is 18.3. The second-order valence-electron chi connectivity index (χ2n) is 8.98. The molecule has 0 amide bonds. The van der Waals surface area contributed by atoms with Crippen molar-refractivity contribution in [2.24, 2.45) is 23.7 Å². The number of rotatable bonds is 3. The summed E-state index contributed by atoms with van der Waals surface area (Å²) in [5, 5.41) is 0.443. The summed E-state index contributed by atoms with van der Waals surface area (Å²) < 4.78 is 14.7. The number of hydrogen-bond donors (Lipinski definition) is 0. The number of aryl methyl sites for hydroxylation is 1. The van der Waals surface area contributed by atoms with Crippen molar-refractivity contribution in [1.82, 2.24) is 0 Å². The second-order valence-corrected chi connectivity index (χ2v) is 9.82. The van der Waals surface area contributed by atoms with Crippen LogP contribution in [-0.2, 0) is 16.0 Å². The molecule has 30 heavy (non-hydrogen) atoms. The Hall–Kier alpha value is -1.71. The molecule has 6 rings (SSSR count). The average molecular weight is 445 g/mol. The molecule has 5 heteroatoms. The maximum Gasteiger partial charge on any atom is 0.151 e. The molecule has 0 N–H and O–H groups in total. The van der Waals surface area contributed by atoms with Crippen LogP contribution in [0.25, 0.3) is 11.1 Å². The Morgan fingerprint density at radius 1 is 0.933 bits per heavy atom. The smallest absolute Gasteiger partial charge is 0.151 e. The van der Waals surface area contributed by atoms with Crippen molar-refractivity contribution in [2.45, 2.75) is 44.9 Å². The summed E-state index contributed by atoms with van der Waals surface area (Å²) in [6.45, 7) is 2.01. The molecule has 4 saturated carbocycles. The first-order chi connectivity index (χ1) is 14.4. The normalized spacial score (nSPS) is 30.1. The van der Waals surface area contributed by atoms with Crippen molar-refractivity contribution in [3.05, 3.63) is 57.3 Å². The van der Waals surface area contributed by atoms with Gasteiger partial charge in [-0.05, 0) is 78.8 Å². The monoisotopic (exact) mass is 444 g/mol. The first kappa shape index (κ1) is 20.2. The highest BCUT2D eigenvalue weighted by atomic mass is 35.5. The summed E-state index contributed by atoms with van der Waals surface area (Å²) in [5.74, 6) is -0.652. The summed E-state index contributed by atoms with van der Waals surface area (Å²) in [7, 11) is 0. The van der Waals surface area contributed by atoms with Crippen LogP contribution in [0.3, 0.4) is 0 Å². The van der Waals surface area contributed by atoms with E-state index in [1.54, 1.807) is 12.1 Å². The van der Waals surface area contributed by atoms with Crippen molar-refractivity contribution in [3.8, 4) is 11.1 Å². The van der Waals surface area contributed by atoms with Gasteiger partial charge in [0, 0.05) is 22.4 Å². The van der Waals surface area contributed by atoms with Crippen molar-refractivity contribution in [2.75, 3.05) is 0 Å².